The number of anilines is 1. The second-order valence-electron chi connectivity index (χ2n) is 7.02. The summed E-state index contributed by atoms with van der Waals surface area (Å²) in [6.07, 6.45) is 1.73. The van der Waals surface area contributed by atoms with Crippen molar-refractivity contribution in [2.45, 2.75) is 53.0 Å². The highest BCUT2D eigenvalue weighted by Gasteiger charge is 2.21. The van der Waals surface area contributed by atoms with E-state index in [-0.39, 0.29) is 12.0 Å². The number of carbonyl (C=O) groups excluding carboxylic acids is 2. The minimum absolute atomic E-state index is 0.168. The summed E-state index contributed by atoms with van der Waals surface area (Å²) < 4.78 is 4.87. The van der Waals surface area contributed by atoms with Crippen molar-refractivity contribution in [2.75, 3.05) is 11.9 Å². The molecule has 0 aliphatic carbocycles. The molecule has 0 saturated carbocycles. The van der Waals surface area contributed by atoms with Crippen molar-refractivity contribution in [3.63, 3.8) is 0 Å². The van der Waals surface area contributed by atoms with Gasteiger partial charge in [-0.1, -0.05) is 32.1 Å². The van der Waals surface area contributed by atoms with Crippen LogP contribution < -0.4 is 10.6 Å². The molecule has 0 radical (unpaired) electrons. The van der Waals surface area contributed by atoms with Gasteiger partial charge in [0.15, 0.2) is 5.13 Å². The lowest BCUT2D eigenvalue weighted by Crippen LogP contribution is -2.41. The Morgan fingerprint density at radius 2 is 2.00 bits per heavy atom. The highest BCUT2D eigenvalue weighted by Crippen LogP contribution is 2.32. The van der Waals surface area contributed by atoms with Crippen LogP contribution in [0.15, 0.2) is 12.3 Å². The molecule has 0 fully saturated rings. The molecule has 2 heterocycles. The molecule has 2 rings (SSSR count). The van der Waals surface area contributed by atoms with E-state index >= 15 is 0 Å². The molecule has 0 aliphatic rings. The maximum Gasteiger partial charge on any atom is 0.328 e. The van der Waals surface area contributed by atoms with E-state index in [4.69, 9.17) is 4.74 Å². The zero-order valence-corrected chi connectivity index (χ0v) is 17.2. The quantitative estimate of drug-likeness (QED) is 0.758. The third-order valence-corrected chi connectivity index (χ3v) is 4.66. The Morgan fingerprint density at radius 3 is 2.63 bits per heavy atom. The molecule has 0 saturated heterocycles. The Labute approximate surface area is 162 Å². The molecule has 2 aromatic heterocycles. The number of esters is 1. The highest BCUT2D eigenvalue weighted by molar-refractivity contribution is 7.19. The number of rotatable bonds is 5. The van der Waals surface area contributed by atoms with Crippen molar-refractivity contribution in [3.8, 4) is 10.6 Å². The summed E-state index contributed by atoms with van der Waals surface area (Å²) >= 11 is 1.32. The number of hydrogen-bond acceptors (Lipinski definition) is 7. The van der Waals surface area contributed by atoms with Crippen molar-refractivity contribution in [1.82, 2.24) is 20.3 Å². The molecule has 1 unspecified atom stereocenters. The van der Waals surface area contributed by atoms with Crippen LogP contribution in [-0.2, 0) is 14.9 Å². The van der Waals surface area contributed by atoms with Crippen molar-refractivity contribution in [2.24, 2.45) is 0 Å². The van der Waals surface area contributed by atoms with E-state index in [1.807, 2.05) is 33.8 Å². The van der Waals surface area contributed by atoms with Gasteiger partial charge in [-0.3, -0.25) is 5.32 Å². The third-order valence-electron chi connectivity index (χ3n) is 3.56. The minimum Gasteiger partial charge on any atom is -0.464 e. The van der Waals surface area contributed by atoms with Gasteiger partial charge in [-0.25, -0.2) is 24.5 Å². The number of nitrogens with zero attached hydrogens (tertiary/aromatic N) is 3. The Bertz CT molecular complexity index is 829. The summed E-state index contributed by atoms with van der Waals surface area (Å²) in [4.78, 5) is 37.9. The average Bonchev–Trinajstić information content (AvgIpc) is 2.94. The SMILES string of the molecule is CCOC(=O)C(C)NC(=O)Nc1nc(C)c(-c2ccnc(C(C)(C)C)n2)s1. The van der Waals surface area contributed by atoms with Gasteiger partial charge < -0.3 is 10.1 Å². The summed E-state index contributed by atoms with van der Waals surface area (Å²) in [5.74, 6) is 0.252. The predicted molar refractivity (Wildman–Crippen MR) is 105 cm³/mol. The number of amides is 2. The highest BCUT2D eigenvalue weighted by atomic mass is 32.1. The standard InChI is InChI=1S/C18H25N5O3S/c1-7-26-14(24)11(3)20-16(25)23-17-21-10(2)13(27-17)12-8-9-19-15(22-12)18(4,5)6/h8-9,11H,7H2,1-6H3,(H2,20,21,23,25). The molecule has 0 bridgehead atoms. The zero-order valence-electron chi connectivity index (χ0n) is 16.4. The van der Waals surface area contributed by atoms with Crippen molar-refractivity contribution in [1.29, 1.82) is 0 Å². The molecular formula is C18H25N5O3S. The van der Waals surface area contributed by atoms with E-state index in [0.29, 0.717) is 5.13 Å². The van der Waals surface area contributed by atoms with E-state index in [0.717, 1.165) is 22.1 Å². The number of aryl methyl sites for hydroxylation is 1. The van der Waals surface area contributed by atoms with Crippen LogP contribution in [0, 0.1) is 6.92 Å². The Hall–Kier alpha value is -2.55. The first-order chi connectivity index (χ1) is 12.6. The Balaban J connectivity index is 2.13. The van der Waals surface area contributed by atoms with Gasteiger partial charge in [-0.05, 0) is 26.8 Å². The summed E-state index contributed by atoms with van der Waals surface area (Å²) in [5, 5.41) is 5.60. The number of thiazole rings is 1. The van der Waals surface area contributed by atoms with Crippen LogP contribution >= 0.6 is 11.3 Å². The molecular weight excluding hydrogens is 366 g/mol. The molecule has 2 amide bonds. The van der Waals surface area contributed by atoms with Crippen LogP contribution in [0.1, 0.15) is 46.1 Å². The fourth-order valence-corrected chi connectivity index (χ4v) is 3.12. The largest absolute Gasteiger partial charge is 0.464 e. The van der Waals surface area contributed by atoms with Crippen LogP contribution in [0.2, 0.25) is 0 Å². The van der Waals surface area contributed by atoms with Gasteiger partial charge in [-0.2, -0.15) is 0 Å². The van der Waals surface area contributed by atoms with Gasteiger partial charge in [0, 0.05) is 11.6 Å². The van der Waals surface area contributed by atoms with E-state index in [1.54, 1.807) is 20.0 Å². The van der Waals surface area contributed by atoms with Crippen LogP contribution in [0.3, 0.4) is 0 Å². The van der Waals surface area contributed by atoms with E-state index in [2.05, 4.69) is 25.6 Å². The maximum atomic E-state index is 12.1. The molecule has 8 nitrogen and oxygen atoms in total. The number of nitrogens with one attached hydrogen (secondary N) is 2. The smallest absolute Gasteiger partial charge is 0.328 e. The number of aromatic nitrogens is 3. The van der Waals surface area contributed by atoms with E-state index in [1.165, 1.54) is 11.3 Å². The number of hydrogen-bond donors (Lipinski definition) is 2. The van der Waals surface area contributed by atoms with Crippen LogP contribution in [0.25, 0.3) is 10.6 Å². The number of carbonyl (C=O) groups is 2. The maximum absolute atomic E-state index is 12.1. The van der Waals surface area contributed by atoms with Gasteiger partial charge in [-0.15, -0.1) is 0 Å². The monoisotopic (exact) mass is 391 g/mol. The first-order valence-corrected chi connectivity index (χ1v) is 9.49. The molecule has 146 valence electrons. The topological polar surface area (TPSA) is 106 Å². The molecule has 0 aromatic carbocycles. The van der Waals surface area contributed by atoms with Gasteiger partial charge in [0.05, 0.1) is 22.9 Å². The summed E-state index contributed by atoms with van der Waals surface area (Å²) in [6.45, 7) is 11.5. The van der Waals surface area contributed by atoms with E-state index < -0.39 is 18.0 Å². The first kappa shape index (κ1) is 20.8. The molecule has 2 N–H and O–H groups in total. The minimum atomic E-state index is -0.748. The second-order valence-corrected chi connectivity index (χ2v) is 8.02. The fraction of sp³-hybridized carbons (Fsp3) is 0.500. The van der Waals surface area contributed by atoms with Crippen molar-refractivity contribution >= 4 is 28.5 Å². The zero-order chi connectivity index (χ0) is 20.2. The Morgan fingerprint density at radius 1 is 1.30 bits per heavy atom. The second kappa shape index (κ2) is 8.43. The van der Waals surface area contributed by atoms with E-state index in [9.17, 15) is 9.59 Å². The van der Waals surface area contributed by atoms with Crippen LogP contribution in [0.4, 0.5) is 9.93 Å². The number of urea groups is 1. The molecule has 1 atom stereocenters. The third kappa shape index (κ3) is 5.46. The lowest BCUT2D eigenvalue weighted by molar-refractivity contribution is -0.144. The molecule has 27 heavy (non-hydrogen) atoms. The molecule has 2 aromatic rings. The van der Waals surface area contributed by atoms with Gasteiger partial charge in [0.25, 0.3) is 0 Å². The molecule has 0 spiro atoms. The molecule has 0 aliphatic heterocycles. The molecule has 9 heteroatoms. The Kier molecular flexibility index (Phi) is 6.48. The van der Waals surface area contributed by atoms with Gasteiger partial charge in [0.1, 0.15) is 11.9 Å². The lowest BCUT2D eigenvalue weighted by Gasteiger charge is -2.16. The summed E-state index contributed by atoms with van der Waals surface area (Å²) in [5.41, 5.74) is 1.35. The van der Waals surface area contributed by atoms with Gasteiger partial charge in [0.2, 0.25) is 0 Å². The number of ether oxygens (including phenoxy) is 1. The predicted octanol–water partition coefficient (Wildman–Crippen LogP) is 3.28. The van der Waals surface area contributed by atoms with Gasteiger partial charge >= 0.3 is 12.0 Å². The lowest BCUT2D eigenvalue weighted by atomic mass is 9.95. The summed E-state index contributed by atoms with van der Waals surface area (Å²) in [6, 6.07) is 0.554. The average molecular weight is 391 g/mol. The van der Waals surface area contributed by atoms with Crippen LogP contribution in [-0.4, -0.2) is 39.6 Å². The first-order valence-electron chi connectivity index (χ1n) is 8.67. The fourth-order valence-electron chi connectivity index (χ4n) is 2.19. The van der Waals surface area contributed by atoms with Crippen molar-refractivity contribution in [3.05, 3.63) is 23.8 Å². The van der Waals surface area contributed by atoms with Crippen molar-refractivity contribution < 1.29 is 14.3 Å². The summed E-state index contributed by atoms with van der Waals surface area (Å²) in [7, 11) is 0. The van der Waals surface area contributed by atoms with Crippen LogP contribution in [0.5, 0.6) is 0 Å². The normalized spacial score (nSPS) is 12.4.